The molecule has 5 aromatic rings. The quantitative estimate of drug-likeness (QED) is 0.350. The number of hydrogen-bond acceptors (Lipinski definition) is 3. The smallest absolute Gasteiger partial charge is 0.0950 e. The van der Waals surface area contributed by atoms with Crippen LogP contribution in [0.3, 0.4) is 0 Å². The van der Waals surface area contributed by atoms with Gasteiger partial charge in [0, 0.05) is 18.9 Å². The van der Waals surface area contributed by atoms with Crippen LogP contribution < -0.4 is 9.80 Å². The molecule has 0 fully saturated rings. The number of anilines is 3. The van der Waals surface area contributed by atoms with E-state index in [1.807, 2.05) is 6.20 Å². The second-order valence-electron chi connectivity index (χ2n) is 9.12. The fourth-order valence-electron chi connectivity index (χ4n) is 5.96. The van der Waals surface area contributed by atoms with Crippen molar-refractivity contribution >= 4 is 17.1 Å². The summed E-state index contributed by atoms with van der Waals surface area (Å²) >= 11 is 0. The monoisotopic (exact) mass is 440 g/mol. The zero-order valence-electron chi connectivity index (χ0n) is 18.9. The summed E-state index contributed by atoms with van der Waals surface area (Å²) in [6.45, 7) is 0.826. The molecule has 1 aliphatic heterocycles. The molecule has 2 heterocycles. The summed E-state index contributed by atoms with van der Waals surface area (Å²) in [7, 11) is 2.15. The molecule has 4 aromatic carbocycles. The zero-order valence-corrected chi connectivity index (χ0v) is 18.9. The van der Waals surface area contributed by atoms with E-state index in [1.165, 1.54) is 44.9 Å². The number of hydrogen-bond donors (Lipinski definition) is 1. The minimum atomic E-state index is -0.454. The highest BCUT2D eigenvalue weighted by Crippen LogP contribution is 2.56. The molecule has 4 heteroatoms. The molecule has 7 rings (SSSR count). The number of nitrogens with one attached hydrogen (secondary N) is 1. The minimum Gasteiger partial charge on any atom is -0.355 e. The van der Waals surface area contributed by atoms with E-state index in [9.17, 15) is 0 Å². The lowest BCUT2D eigenvalue weighted by Crippen LogP contribution is -2.30. The first-order chi connectivity index (χ1) is 16.8. The summed E-state index contributed by atoms with van der Waals surface area (Å²) in [5.41, 5.74) is 10.7. The second-order valence-corrected chi connectivity index (χ2v) is 9.12. The molecular weight excluding hydrogens is 416 g/mol. The summed E-state index contributed by atoms with van der Waals surface area (Å²) < 4.78 is 0. The lowest BCUT2D eigenvalue weighted by molar-refractivity contribution is 0.727. The Bertz CT molecular complexity index is 1470. The van der Waals surface area contributed by atoms with Crippen LogP contribution in [0, 0.1) is 0 Å². The Balaban J connectivity index is 1.50. The predicted octanol–water partition coefficient (Wildman–Crippen LogP) is 6.32. The van der Waals surface area contributed by atoms with Crippen molar-refractivity contribution in [1.82, 2.24) is 10.2 Å². The fraction of sp³-hybridized carbons (Fsp3) is 0.100. The Morgan fingerprint density at radius 2 is 1.41 bits per heavy atom. The van der Waals surface area contributed by atoms with E-state index >= 15 is 0 Å². The Hall–Kier alpha value is -4.31. The van der Waals surface area contributed by atoms with Crippen LogP contribution >= 0.6 is 0 Å². The third kappa shape index (κ3) is 2.45. The number of benzene rings is 4. The number of aromatic amines is 1. The van der Waals surface area contributed by atoms with Gasteiger partial charge in [0.25, 0.3) is 0 Å². The van der Waals surface area contributed by atoms with E-state index in [2.05, 4.69) is 130 Å². The SMILES string of the molecule is CN1CN(c2cccc(C3(c4ccn[nH]4)c4ccccc4-c4ccccc43)c2)c2ccccc21. The van der Waals surface area contributed by atoms with Crippen molar-refractivity contribution < 1.29 is 0 Å². The second kappa shape index (κ2) is 7.09. The summed E-state index contributed by atoms with van der Waals surface area (Å²) in [6.07, 6.45) is 1.86. The zero-order chi connectivity index (χ0) is 22.7. The Labute approximate surface area is 199 Å². The fourth-order valence-corrected chi connectivity index (χ4v) is 5.96. The van der Waals surface area contributed by atoms with Crippen LogP contribution in [-0.4, -0.2) is 23.9 Å². The third-order valence-electron chi connectivity index (χ3n) is 7.39. The molecule has 0 bridgehead atoms. The van der Waals surface area contributed by atoms with Crippen molar-refractivity contribution in [3.05, 3.63) is 132 Å². The summed E-state index contributed by atoms with van der Waals surface area (Å²) in [5, 5.41) is 7.72. The average molecular weight is 441 g/mol. The molecule has 0 unspecified atom stereocenters. The molecule has 0 saturated carbocycles. The van der Waals surface area contributed by atoms with Crippen molar-refractivity contribution in [2.24, 2.45) is 0 Å². The number of nitrogens with zero attached hydrogens (tertiary/aromatic N) is 3. The van der Waals surface area contributed by atoms with E-state index in [-0.39, 0.29) is 0 Å². The van der Waals surface area contributed by atoms with Crippen molar-refractivity contribution in [3.8, 4) is 11.1 Å². The summed E-state index contributed by atoms with van der Waals surface area (Å²) in [6, 6.07) is 37.3. The van der Waals surface area contributed by atoms with Crippen molar-refractivity contribution in [3.63, 3.8) is 0 Å². The first-order valence-corrected chi connectivity index (χ1v) is 11.7. The lowest BCUT2D eigenvalue weighted by Gasteiger charge is -2.33. The van der Waals surface area contributed by atoms with Gasteiger partial charge < -0.3 is 9.80 Å². The lowest BCUT2D eigenvalue weighted by atomic mass is 9.70. The molecule has 1 aromatic heterocycles. The maximum Gasteiger partial charge on any atom is 0.0950 e. The van der Waals surface area contributed by atoms with Gasteiger partial charge in [-0.2, -0.15) is 5.10 Å². The molecule has 2 aliphatic rings. The Morgan fingerprint density at radius 3 is 2.12 bits per heavy atom. The highest BCUT2D eigenvalue weighted by Gasteiger charge is 2.47. The van der Waals surface area contributed by atoms with Crippen LogP contribution in [0.25, 0.3) is 11.1 Å². The molecule has 164 valence electrons. The molecule has 1 N–H and O–H groups in total. The normalized spacial score (nSPS) is 15.2. The number of para-hydroxylation sites is 2. The van der Waals surface area contributed by atoms with Gasteiger partial charge in [-0.15, -0.1) is 0 Å². The molecule has 0 saturated heterocycles. The third-order valence-corrected chi connectivity index (χ3v) is 7.39. The maximum atomic E-state index is 4.38. The van der Waals surface area contributed by atoms with Crippen LogP contribution in [0.5, 0.6) is 0 Å². The van der Waals surface area contributed by atoms with E-state index < -0.39 is 5.41 Å². The molecule has 34 heavy (non-hydrogen) atoms. The molecule has 0 radical (unpaired) electrons. The molecule has 1 aliphatic carbocycles. The van der Waals surface area contributed by atoms with Crippen LogP contribution in [-0.2, 0) is 5.41 Å². The van der Waals surface area contributed by atoms with Gasteiger partial charge in [0.2, 0.25) is 0 Å². The average Bonchev–Trinajstić information content (AvgIpc) is 3.61. The van der Waals surface area contributed by atoms with Crippen molar-refractivity contribution in [2.45, 2.75) is 5.41 Å². The van der Waals surface area contributed by atoms with Crippen LogP contribution in [0.4, 0.5) is 17.1 Å². The molecule has 0 amide bonds. The van der Waals surface area contributed by atoms with Crippen molar-refractivity contribution in [2.75, 3.05) is 23.5 Å². The molecular formula is C30H24N4. The van der Waals surface area contributed by atoms with Gasteiger partial charge in [-0.3, -0.25) is 5.10 Å². The van der Waals surface area contributed by atoms with Gasteiger partial charge in [0.15, 0.2) is 0 Å². The maximum absolute atomic E-state index is 4.38. The standard InChI is InChI=1S/C30H24N4/c1-33-20-34(28-16-7-6-15-27(28)33)22-10-8-9-21(19-22)30(29-17-18-31-32-29)25-13-4-2-11-23(25)24-12-3-5-14-26(24)30/h2-19H,20H2,1H3,(H,31,32). The number of H-pyrrole nitrogens is 1. The van der Waals surface area contributed by atoms with E-state index in [4.69, 9.17) is 0 Å². The van der Waals surface area contributed by atoms with E-state index in [0.717, 1.165) is 12.4 Å². The van der Waals surface area contributed by atoms with Gasteiger partial charge >= 0.3 is 0 Å². The predicted molar refractivity (Wildman–Crippen MR) is 138 cm³/mol. The van der Waals surface area contributed by atoms with Gasteiger partial charge in [-0.05, 0) is 58.1 Å². The highest BCUT2D eigenvalue weighted by molar-refractivity contribution is 5.87. The first kappa shape index (κ1) is 19.2. The summed E-state index contributed by atoms with van der Waals surface area (Å²) in [5.74, 6) is 0. The number of aromatic nitrogens is 2. The van der Waals surface area contributed by atoms with Gasteiger partial charge in [0.05, 0.1) is 29.2 Å². The van der Waals surface area contributed by atoms with E-state index in [0.29, 0.717) is 0 Å². The summed E-state index contributed by atoms with van der Waals surface area (Å²) in [4.78, 5) is 4.69. The van der Waals surface area contributed by atoms with Crippen molar-refractivity contribution in [1.29, 1.82) is 0 Å². The molecule has 4 nitrogen and oxygen atoms in total. The van der Waals surface area contributed by atoms with Gasteiger partial charge in [0.1, 0.15) is 0 Å². The minimum absolute atomic E-state index is 0.454. The highest BCUT2D eigenvalue weighted by atomic mass is 15.4. The van der Waals surface area contributed by atoms with Gasteiger partial charge in [-0.1, -0.05) is 72.8 Å². The van der Waals surface area contributed by atoms with E-state index in [1.54, 1.807) is 0 Å². The Morgan fingerprint density at radius 1 is 0.735 bits per heavy atom. The molecule has 0 spiro atoms. The van der Waals surface area contributed by atoms with Crippen LogP contribution in [0.2, 0.25) is 0 Å². The molecule has 0 atom stereocenters. The topological polar surface area (TPSA) is 35.2 Å². The van der Waals surface area contributed by atoms with Gasteiger partial charge in [-0.25, -0.2) is 0 Å². The largest absolute Gasteiger partial charge is 0.355 e. The number of rotatable bonds is 3. The first-order valence-electron chi connectivity index (χ1n) is 11.7. The van der Waals surface area contributed by atoms with Crippen LogP contribution in [0.1, 0.15) is 22.4 Å². The number of fused-ring (bicyclic) bond motifs is 4. The van der Waals surface area contributed by atoms with Crippen LogP contribution in [0.15, 0.2) is 109 Å². The Kier molecular flexibility index (Phi) is 4.00.